The van der Waals surface area contributed by atoms with E-state index in [2.05, 4.69) is 62.7 Å². The van der Waals surface area contributed by atoms with Gasteiger partial charge in [0.2, 0.25) is 5.95 Å². The second kappa shape index (κ2) is 8.19. The molecule has 0 aliphatic carbocycles. The van der Waals surface area contributed by atoms with E-state index < -0.39 is 0 Å². The zero-order chi connectivity index (χ0) is 21.4. The Labute approximate surface area is 182 Å². The smallest absolute Gasteiger partial charge is 0.279 e. The van der Waals surface area contributed by atoms with Crippen molar-refractivity contribution in [1.82, 2.24) is 14.5 Å². The minimum Gasteiger partial charge on any atom is -0.497 e. The molecule has 2 aliphatic heterocycles. The summed E-state index contributed by atoms with van der Waals surface area (Å²) in [6.45, 7) is 7.15. The zero-order valence-electron chi connectivity index (χ0n) is 18.2. The highest BCUT2D eigenvalue weighted by Gasteiger charge is 2.29. The fraction of sp³-hybridized carbons (Fsp3) is 0.360. The molecule has 0 radical (unpaired) electrons. The molecule has 3 heterocycles. The molecule has 0 spiro atoms. The number of fused-ring (bicyclic) bond motifs is 3. The van der Waals surface area contributed by atoms with Crippen LogP contribution in [-0.2, 0) is 32.6 Å². The minimum absolute atomic E-state index is 0.0719. The van der Waals surface area contributed by atoms with Crippen molar-refractivity contribution in [3.05, 3.63) is 86.8 Å². The van der Waals surface area contributed by atoms with E-state index in [1.54, 1.807) is 7.11 Å². The molecule has 5 rings (SSSR count). The Hall–Kier alpha value is -3.12. The largest absolute Gasteiger partial charge is 0.497 e. The lowest BCUT2D eigenvalue weighted by molar-refractivity contribution is 0.239. The third-order valence-electron chi connectivity index (χ3n) is 6.49. The van der Waals surface area contributed by atoms with Gasteiger partial charge in [0, 0.05) is 51.4 Å². The first kappa shape index (κ1) is 19.8. The minimum atomic E-state index is -0.0719. The summed E-state index contributed by atoms with van der Waals surface area (Å²) in [5, 5.41) is 0. The van der Waals surface area contributed by atoms with Crippen molar-refractivity contribution in [3.63, 3.8) is 0 Å². The van der Waals surface area contributed by atoms with Gasteiger partial charge in [-0.2, -0.15) is 4.98 Å². The van der Waals surface area contributed by atoms with Crippen LogP contribution in [0.25, 0.3) is 0 Å². The molecule has 0 fully saturated rings. The number of rotatable bonds is 5. The summed E-state index contributed by atoms with van der Waals surface area (Å²) < 4.78 is 7.52. The summed E-state index contributed by atoms with van der Waals surface area (Å²) in [5.41, 5.74) is 5.75. The first-order valence-corrected chi connectivity index (χ1v) is 10.9. The predicted molar refractivity (Wildman–Crippen MR) is 122 cm³/mol. The highest BCUT2D eigenvalue weighted by molar-refractivity contribution is 5.42. The van der Waals surface area contributed by atoms with Crippen LogP contribution >= 0.6 is 0 Å². The summed E-state index contributed by atoms with van der Waals surface area (Å²) in [6, 6.07) is 16.6. The Morgan fingerprint density at radius 2 is 1.81 bits per heavy atom. The van der Waals surface area contributed by atoms with E-state index in [9.17, 15) is 4.79 Å². The molecule has 0 saturated carbocycles. The van der Waals surface area contributed by atoms with Gasteiger partial charge in [-0.1, -0.05) is 36.4 Å². The SMILES string of the molecule is COc1ccc(CN2CCc3c(c(=O)nc4n3CCN4Cc3ccccc3C)C2)cc1. The van der Waals surface area contributed by atoms with Crippen LogP contribution in [0, 0.1) is 6.92 Å². The zero-order valence-corrected chi connectivity index (χ0v) is 18.2. The van der Waals surface area contributed by atoms with Gasteiger partial charge in [0.05, 0.1) is 12.7 Å². The lowest BCUT2D eigenvalue weighted by Gasteiger charge is -2.30. The normalized spacial score (nSPS) is 15.6. The van der Waals surface area contributed by atoms with Crippen LogP contribution in [0.3, 0.4) is 0 Å². The maximum absolute atomic E-state index is 13.0. The van der Waals surface area contributed by atoms with Crippen molar-refractivity contribution in [2.75, 3.05) is 25.1 Å². The number of benzene rings is 2. The lowest BCUT2D eigenvalue weighted by Crippen LogP contribution is -2.37. The average molecular weight is 417 g/mol. The maximum Gasteiger partial charge on any atom is 0.279 e. The van der Waals surface area contributed by atoms with E-state index in [1.165, 1.54) is 22.4 Å². The molecule has 0 atom stereocenters. The maximum atomic E-state index is 13.0. The van der Waals surface area contributed by atoms with Crippen LogP contribution in [0.5, 0.6) is 5.75 Å². The van der Waals surface area contributed by atoms with Crippen LogP contribution in [0.2, 0.25) is 0 Å². The number of ether oxygens (including phenoxy) is 1. The number of anilines is 1. The molecule has 2 aromatic carbocycles. The summed E-state index contributed by atoms with van der Waals surface area (Å²) in [5.74, 6) is 1.69. The number of hydrogen-bond acceptors (Lipinski definition) is 5. The third-order valence-corrected chi connectivity index (χ3v) is 6.49. The van der Waals surface area contributed by atoms with Crippen molar-refractivity contribution >= 4 is 5.95 Å². The summed E-state index contributed by atoms with van der Waals surface area (Å²) in [4.78, 5) is 22.1. The summed E-state index contributed by atoms with van der Waals surface area (Å²) in [7, 11) is 1.68. The molecule has 0 N–H and O–H groups in total. The molecule has 0 amide bonds. The van der Waals surface area contributed by atoms with Crippen molar-refractivity contribution in [2.45, 2.75) is 39.5 Å². The molecule has 0 bridgehead atoms. The Morgan fingerprint density at radius 3 is 2.58 bits per heavy atom. The van der Waals surface area contributed by atoms with Gasteiger partial charge in [0.25, 0.3) is 5.56 Å². The van der Waals surface area contributed by atoms with Gasteiger partial charge in [-0.3, -0.25) is 9.69 Å². The van der Waals surface area contributed by atoms with Gasteiger partial charge in [-0.15, -0.1) is 0 Å². The van der Waals surface area contributed by atoms with Crippen LogP contribution in [0.15, 0.2) is 53.3 Å². The van der Waals surface area contributed by atoms with Crippen molar-refractivity contribution < 1.29 is 4.74 Å². The Balaban J connectivity index is 1.36. The number of nitrogens with zero attached hydrogens (tertiary/aromatic N) is 4. The van der Waals surface area contributed by atoms with Gasteiger partial charge in [0.1, 0.15) is 5.75 Å². The Kier molecular flexibility index (Phi) is 5.24. The van der Waals surface area contributed by atoms with Crippen LogP contribution in [0.1, 0.15) is 27.9 Å². The molecule has 0 unspecified atom stereocenters. The summed E-state index contributed by atoms with van der Waals surface area (Å²) in [6.07, 6.45) is 0.883. The van der Waals surface area contributed by atoms with E-state index in [4.69, 9.17) is 4.74 Å². The van der Waals surface area contributed by atoms with E-state index >= 15 is 0 Å². The molecule has 31 heavy (non-hydrogen) atoms. The van der Waals surface area contributed by atoms with Crippen LogP contribution in [0.4, 0.5) is 5.95 Å². The van der Waals surface area contributed by atoms with Crippen molar-refractivity contribution in [2.24, 2.45) is 0 Å². The van der Waals surface area contributed by atoms with Gasteiger partial charge in [0.15, 0.2) is 0 Å². The molecule has 2 aliphatic rings. The lowest BCUT2D eigenvalue weighted by atomic mass is 10.1. The second-order valence-corrected chi connectivity index (χ2v) is 8.45. The molecule has 6 nitrogen and oxygen atoms in total. The molecular weight excluding hydrogens is 388 g/mol. The van der Waals surface area contributed by atoms with Crippen molar-refractivity contribution in [1.29, 1.82) is 0 Å². The first-order valence-electron chi connectivity index (χ1n) is 10.9. The molecule has 3 aromatic rings. The molecule has 160 valence electrons. The highest BCUT2D eigenvalue weighted by Crippen LogP contribution is 2.27. The fourth-order valence-corrected chi connectivity index (χ4v) is 4.70. The molecule has 6 heteroatoms. The van der Waals surface area contributed by atoms with E-state index in [-0.39, 0.29) is 5.56 Å². The Morgan fingerprint density at radius 1 is 1.00 bits per heavy atom. The topological polar surface area (TPSA) is 50.6 Å². The molecular formula is C25H28N4O2. The van der Waals surface area contributed by atoms with Gasteiger partial charge >= 0.3 is 0 Å². The second-order valence-electron chi connectivity index (χ2n) is 8.45. The van der Waals surface area contributed by atoms with E-state index in [1.807, 2.05) is 12.1 Å². The van der Waals surface area contributed by atoms with Gasteiger partial charge in [-0.05, 0) is 35.7 Å². The monoisotopic (exact) mass is 416 g/mol. The first-order chi connectivity index (χ1) is 15.1. The summed E-state index contributed by atoms with van der Waals surface area (Å²) >= 11 is 0. The van der Waals surface area contributed by atoms with Crippen LogP contribution < -0.4 is 15.2 Å². The Bertz CT molecular complexity index is 1150. The van der Waals surface area contributed by atoms with E-state index in [0.29, 0.717) is 6.54 Å². The van der Waals surface area contributed by atoms with Crippen LogP contribution in [-0.4, -0.2) is 34.7 Å². The predicted octanol–water partition coefficient (Wildman–Crippen LogP) is 3.14. The van der Waals surface area contributed by atoms with E-state index in [0.717, 1.165) is 56.4 Å². The highest BCUT2D eigenvalue weighted by atomic mass is 16.5. The number of aromatic nitrogens is 2. The number of aryl methyl sites for hydroxylation is 1. The van der Waals surface area contributed by atoms with Gasteiger partial charge < -0.3 is 14.2 Å². The number of methoxy groups -OCH3 is 1. The molecule has 1 aromatic heterocycles. The van der Waals surface area contributed by atoms with Gasteiger partial charge in [-0.25, -0.2) is 0 Å². The standard InChI is InChI=1S/C25H28N4O2/c1-18-5-3-4-6-20(18)16-28-13-14-29-23-11-12-27(17-22(23)24(30)26-25(28)29)15-19-7-9-21(31-2)10-8-19/h3-10H,11-17H2,1-2H3. The quantitative estimate of drug-likeness (QED) is 0.640. The average Bonchev–Trinajstić information content (AvgIpc) is 3.18. The van der Waals surface area contributed by atoms with Crippen molar-refractivity contribution in [3.8, 4) is 5.75 Å². The molecule has 0 saturated heterocycles. The fourth-order valence-electron chi connectivity index (χ4n) is 4.70. The third kappa shape index (κ3) is 3.83. The number of hydrogen-bond donors (Lipinski definition) is 0.